The first-order valence-electron chi connectivity index (χ1n) is 10.2. The third-order valence-electron chi connectivity index (χ3n) is 5.30. The van der Waals surface area contributed by atoms with Gasteiger partial charge < -0.3 is 4.90 Å². The summed E-state index contributed by atoms with van der Waals surface area (Å²) < 4.78 is 2.44. The van der Waals surface area contributed by atoms with Crippen LogP contribution in [0.1, 0.15) is 12.5 Å². The number of aromatic nitrogens is 2. The van der Waals surface area contributed by atoms with Crippen molar-refractivity contribution in [2.75, 3.05) is 11.4 Å². The van der Waals surface area contributed by atoms with E-state index in [-0.39, 0.29) is 12.5 Å². The molecule has 0 aliphatic rings. The van der Waals surface area contributed by atoms with Crippen molar-refractivity contribution < 1.29 is 4.79 Å². The van der Waals surface area contributed by atoms with Gasteiger partial charge in [-0.15, -0.1) is 0 Å². The first kappa shape index (κ1) is 20.3. The maximum absolute atomic E-state index is 13.2. The highest BCUT2D eigenvalue weighted by Gasteiger charge is 2.19. The van der Waals surface area contributed by atoms with Crippen molar-refractivity contribution >= 4 is 22.4 Å². The molecule has 4 aromatic rings. The lowest BCUT2D eigenvalue weighted by atomic mass is 10.1. The Hall–Kier alpha value is -3.93. The lowest BCUT2D eigenvalue weighted by Crippen LogP contribution is -2.44. The number of benzene rings is 3. The van der Waals surface area contributed by atoms with Gasteiger partial charge in [0.05, 0.1) is 12.2 Å². The van der Waals surface area contributed by atoms with Gasteiger partial charge in [0.15, 0.2) is 0 Å². The third kappa shape index (κ3) is 4.19. The first-order valence-corrected chi connectivity index (χ1v) is 10.2. The molecule has 0 aliphatic carbocycles. The van der Waals surface area contributed by atoms with Gasteiger partial charge in [0, 0.05) is 24.2 Å². The quantitative estimate of drug-likeness (QED) is 0.487. The Balaban J connectivity index is 1.66. The largest absolute Gasteiger partial charge is 0.331 e. The van der Waals surface area contributed by atoms with E-state index in [0.717, 1.165) is 26.6 Å². The van der Waals surface area contributed by atoms with Crippen molar-refractivity contribution in [1.82, 2.24) is 9.13 Å². The Morgan fingerprint density at radius 2 is 1.58 bits per heavy atom. The average Bonchev–Trinajstić information content (AvgIpc) is 2.80. The predicted octanol–water partition coefficient (Wildman–Crippen LogP) is 3.26. The van der Waals surface area contributed by atoms with Crippen molar-refractivity contribution in [3.8, 4) is 0 Å². The summed E-state index contributed by atoms with van der Waals surface area (Å²) in [7, 11) is 0. The van der Waals surface area contributed by atoms with Crippen LogP contribution >= 0.6 is 0 Å². The number of nitrogens with zero attached hydrogens (tertiary/aromatic N) is 3. The first-order chi connectivity index (χ1) is 15.1. The number of carbonyl (C=O) groups excluding carboxylic acids is 1. The van der Waals surface area contributed by atoms with Gasteiger partial charge in [-0.25, -0.2) is 4.79 Å². The molecule has 1 amide bonds. The number of hydrogen-bond donors (Lipinski definition) is 0. The highest BCUT2D eigenvalue weighted by atomic mass is 16.2. The summed E-state index contributed by atoms with van der Waals surface area (Å²) in [6.07, 6.45) is 1.47. The number of fused-ring (bicyclic) bond motifs is 1. The number of likely N-dealkylation sites (N-methyl/N-ethyl adjacent to an activating group) is 1. The second kappa shape index (κ2) is 8.83. The molecule has 6 nitrogen and oxygen atoms in total. The maximum atomic E-state index is 13.2. The summed E-state index contributed by atoms with van der Waals surface area (Å²) in [5, 5.41) is 1.97. The van der Waals surface area contributed by atoms with Gasteiger partial charge in [0.1, 0.15) is 6.54 Å². The van der Waals surface area contributed by atoms with Crippen molar-refractivity contribution in [2.24, 2.45) is 0 Å². The van der Waals surface area contributed by atoms with Gasteiger partial charge in [-0.1, -0.05) is 66.7 Å². The van der Waals surface area contributed by atoms with Crippen molar-refractivity contribution in [3.63, 3.8) is 0 Å². The molecule has 156 valence electrons. The topological polar surface area (TPSA) is 64.3 Å². The fourth-order valence-electron chi connectivity index (χ4n) is 3.75. The van der Waals surface area contributed by atoms with E-state index < -0.39 is 11.2 Å². The van der Waals surface area contributed by atoms with E-state index in [1.54, 1.807) is 4.90 Å². The zero-order chi connectivity index (χ0) is 21.8. The molecule has 0 atom stereocenters. The minimum atomic E-state index is -0.501. The maximum Gasteiger partial charge on any atom is 0.331 e. The van der Waals surface area contributed by atoms with Crippen molar-refractivity contribution in [2.45, 2.75) is 20.0 Å². The molecule has 6 heteroatoms. The van der Waals surface area contributed by atoms with Crippen LogP contribution in [0.2, 0.25) is 0 Å². The highest BCUT2D eigenvalue weighted by molar-refractivity contribution is 6.03. The van der Waals surface area contributed by atoms with Crippen LogP contribution in [0.4, 0.5) is 5.69 Å². The molecule has 4 rings (SSSR count). The Morgan fingerprint density at radius 3 is 2.35 bits per heavy atom. The van der Waals surface area contributed by atoms with Crippen LogP contribution in [0.5, 0.6) is 0 Å². The number of rotatable bonds is 6. The molecule has 0 fully saturated rings. The molecule has 0 spiro atoms. The summed E-state index contributed by atoms with van der Waals surface area (Å²) in [5.41, 5.74) is 0.710. The fraction of sp³-hybridized carbons (Fsp3) is 0.160. The molecule has 1 aromatic heterocycles. The predicted molar refractivity (Wildman–Crippen MR) is 122 cm³/mol. The minimum Gasteiger partial charge on any atom is -0.311 e. The molecule has 0 N–H and O–H groups in total. The van der Waals surface area contributed by atoms with Gasteiger partial charge >= 0.3 is 5.69 Å². The molecular formula is C25H23N3O3. The molecule has 0 saturated carbocycles. The van der Waals surface area contributed by atoms with E-state index in [1.165, 1.54) is 16.8 Å². The summed E-state index contributed by atoms with van der Waals surface area (Å²) in [5.74, 6) is -0.310. The van der Waals surface area contributed by atoms with E-state index in [1.807, 2.05) is 79.7 Å². The van der Waals surface area contributed by atoms with E-state index in [9.17, 15) is 14.4 Å². The van der Waals surface area contributed by atoms with Crippen LogP contribution < -0.4 is 16.1 Å². The van der Waals surface area contributed by atoms with Crippen LogP contribution in [0, 0.1) is 0 Å². The fourth-order valence-corrected chi connectivity index (χ4v) is 3.75. The summed E-state index contributed by atoms with van der Waals surface area (Å²) in [4.78, 5) is 40.2. The standard InChI is InChI=1S/C25H23N3O3/c1-2-27(22-14-8-12-20-11-6-7-13-21(20)22)24(30)18-28-23(29)15-16-26(25(28)31)17-19-9-4-3-5-10-19/h3-16H,2,17-18H2,1H3. The van der Waals surface area contributed by atoms with E-state index in [2.05, 4.69) is 0 Å². The summed E-state index contributed by atoms with van der Waals surface area (Å²) >= 11 is 0. The van der Waals surface area contributed by atoms with Gasteiger partial charge in [-0.3, -0.25) is 18.7 Å². The van der Waals surface area contributed by atoms with E-state index in [4.69, 9.17) is 0 Å². The summed E-state index contributed by atoms with van der Waals surface area (Å²) in [6, 6.07) is 24.4. The highest BCUT2D eigenvalue weighted by Crippen LogP contribution is 2.26. The third-order valence-corrected chi connectivity index (χ3v) is 5.30. The summed E-state index contributed by atoms with van der Waals surface area (Å²) in [6.45, 7) is 2.31. The molecular weight excluding hydrogens is 390 g/mol. The molecule has 31 heavy (non-hydrogen) atoms. The van der Waals surface area contributed by atoms with Crippen molar-refractivity contribution in [3.05, 3.63) is 111 Å². The molecule has 1 heterocycles. The monoisotopic (exact) mass is 413 g/mol. The molecule has 0 aliphatic heterocycles. The van der Waals surface area contributed by atoms with Gasteiger partial charge in [0.25, 0.3) is 5.56 Å². The Bertz CT molecular complexity index is 1330. The Labute approximate surface area is 179 Å². The Kier molecular flexibility index (Phi) is 5.80. The second-order valence-electron chi connectivity index (χ2n) is 7.27. The van der Waals surface area contributed by atoms with Crippen LogP contribution in [0.3, 0.4) is 0 Å². The van der Waals surface area contributed by atoms with Gasteiger partial charge in [0.2, 0.25) is 5.91 Å². The second-order valence-corrected chi connectivity index (χ2v) is 7.27. The normalized spacial score (nSPS) is 10.9. The number of hydrogen-bond acceptors (Lipinski definition) is 3. The van der Waals surface area contributed by atoms with E-state index in [0.29, 0.717) is 13.1 Å². The SMILES string of the molecule is CCN(C(=O)Cn1c(=O)ccn(Cc2ccccc2)c1=O)c1cccc2ccccc12. The van der Waals surface area contributed by atoms with Crippen LogP contribution in [0.15, 0.2) is 94.6 Å². The lowest BCUT2D eigenvalue weighted by Gasteiger charge is -2.23. The molecule has 0 saturated heterocycles. The smallest absolute Gasteiger partial charge is 0.311 e. The molecule has 0 bridgehead atoms. The molecule has 0 radical (unpaired) electrons. The van der Waals surface area contributed by atoms with Crippen LogP contribution in [0.25, 0.3) is 10.8 Å². The van der Waals surface area contributed by atoms with Gasteiger partial charge in [-0.05, 0) is 23.9 Å². The molecule has 0 unspecified atom stereocenters. The van der Waals surface area contributed by atoms with Crippen LogP contribution in [-0.2, 0) is 17.9 Å². The zero-order valence-electron chi connectivity index (χ0n) is 17.3. The molecule has 3 aromatic carbocycles. The lowest BCUT2D eigenvalue weighted by molar-refractivity contribution is -0.119. The van der Waals surface area contributed by atoms with Crippen LogP contribution in [-0.4, -0.2) is 21.6 Å². The minimum absolute atomic E-state index is 0.310. The van der Waals surface area contributed by atoms with Crippen molar-refractivity contribution in [1.29, 1.82) is 0 Å². The van der Waals surface area contributed by atoms with Gasteiger partial charge in [-0.2, -0.15) is 0 Å². The number of carbonyl (C=O) groups is 1. The number of anilines is 1. The number of amides is 1. The van der Waals surface area contributed by atoms with E-state index >= 15 is 0 Å². The Morgan fingerprint density at radius 1 is 0.871 bits per heavy atom. The zero-order valence-corrected chi connectivity index (χ0v) is 17.3. The average molecular weight is 413 g/mol.